The molecule has 78 valence electrons. The highest BCUT2D eigenvalue weighted by Gasteiger charge is 1.96. The summed E-state index contributed by atoms with van der Waals surface area (Å²) in [5.41, 5.74) is 1.29. The van der Waals surface area contributed by atoms with Crippen molar-refractivity contribution in [3.63, 3.8) is 0 Å². The third-order valence-electron chi connectivity index (χ3n) is 2.07. The first-order chi connectivity index (χ1) is 6.83. The van der Waals surface area contributed by atoms with Gasteiger partial charge in [0.25, 0.3) is 0 Å². The van der Waals surface area contributed by atoms with Crippen LogP contribution in [-0.2, 0) is 4.74 Å². The fraction of sp³-hybridized carbons (Fsp3) is 0.500. The SMILES string of the molecule is CC1=CCC=C(OCCCCCl)C=C1. The van der Waals surface area contributed by atoms with Gasteiger partial charge in [0, 0.05) is 5.88 Å². The highest BCUT2D eigenvalue weighted by Crippen LogP contribution is 2.11. The summed E-state index contributed by atoms with van der Waals surface area (Å²) in [4.78, 5) is 0. The summed E-state index contributed by atoms with van der Waals surface area (Å²) in [5, 5.41) is 0. The Morgan fingerprint density at radius 3 is 2.93 bits per heavy atom. The highest BCUT2D eigenvalue weighted by molar-refractivity contribution is 6.17. The maximum atomic E-state index is 5.60. The molecular formula is C12H17ClO. The molecule has 2 heteroatoms. The van der Waals surface area contributed by atoms with Crippen LogP contribution in [0.4, 0.5) is 0 Å². The van der Waals surface area contributed by atoms with Gasteiger partial charge in [-0.2, -0.15) is 0 Å². The maximum absolute atomic E-state index is 5.60. The van der Waals surface area contributed by atoms with Gasteiger partial charge in [-0.05, 0) is 38.3 Å². The minimum absolute atomic E-state index is 0.721. The molecule has 14 heavy (non-hydrogen) atoms. The molecular weight excluding hydrogens is 196 g/mol. The van der Waals surface area contributed by atoms with Crippen molar-refractivity contribution in [2.24, 2.45) is 0 Å². The second kappa shape index (κ2) is 6.72. The van der Waals surface area contributed by atoms with Crippen LogP contribution in [-0.4, -0.2) is 12.5 Å². The number of hydrogen-bond acceptors (Lipinski definition) is 1. The third kappa shape index (κ3) is 4.52. The predicted octanol–water partition coefficient (Wildman–Crippen LogP) is 3.81. The molecule has 0 saturated heterocycles. The first-order valence-corrected chi connectivity index (χ1v) is 5.60. The van der Waals surface area contributed by atoms with Gasteiger partial charge in [-0.15, -0.1) is 11.6 Å². The van der Waals surface area contributed by atoms with E-state index in [1.54, 1.807) is 0 Å². The molecule has 1 aliphatic carbocycles. The average molecular weight is 213 g/mol. The van der Waals surface area contributed by atoms with Crippen LogP contribution in [0, 0.1) is 0 Å². The van der Waals surface area contributed by atoms with E-state index < -0.39 is 0 Å². The molecule has 0 aromatic carbocycles. The van der Waals surface area contributed by atoms with Crippen molar-refractivity contribution in [2.75, 3.05) is 12.5 Å². The topological polar surface area (TPSA) is 9.23 Å². The largest absolute Gasteiger partial charge is 0.494 e. The van der Waals surface area contributed by atoms with E-state index in [1.165, 1.54) is 5.57 Å². The molecule has 0 atom stereocenters. The predicted molar refractivity (Wildman–Crippen MR) is 61.5 cm³/mol. The van der Waals surface area contributed by atoms with Crippen LogP contribution in [0.25, 0.3) is 0 Å². The molecule has 1 aliphatic rings. The minimum Gasteiger partial charge on any atom is -0.494 e. The first kappa shape index (κ1) is 11.4. The van der Waals surface area contributed by atoms with Crippen LogP contribution >= 0.6 is 11.6 Å². The first-order valence-electron chi connectivity index (χ1n) is 5.06. The summed E-state index contributed by atoms with van der Waals surface area (Å²) in [5.74, 6) is 1.70. The zero-order valence-electron chi connectivity index (χ0n) is 8.63. The van der Waals surface area contributed by atoms with Crippen molar-refractivity contribution in [1.29, 1.82) is 0 Å². The lowest BCUT2D eigenvalue weighted by atomic mass is 10.2. The molecule has 0 aromatic heterocycles. The monoisotopic (exact) mass is 212 g/mol. The van der Waals surface area contributed by atoms with Crippen molar-refractivity contribution < 1.29 is 4.74 Å². The zero-order valence-corrected chi connectivity index (χ0v) is 9.39. The summed E-state index contributed by atoms with van der Waals surface area (Å²) in [7, 11) is 0. The summed E-state index contributed by atoms with van der Waals surface area (Å²) in [6.07, 6.45) is 11.4. The summed E-state index contributed by atoms with van der Waals surface area (Å²) in [6.45, 7) is 2.86. The van der Waals surface area contributed by atoms with E-state index >= 15 is 0 Å². The fourth-order valence-electron chi connectivity index (χ4n) is 1.20. The van der Waals surface area contributed by atoms with E-state index in [-0.39, 0.29) is 0 Å². The molecule has 1 rings (SSSR count). The van der Waals surface area contributed by atoms with E-state index in [0.29, 0.717) is 0 Å². The molecule has 0 aliphatic heterocycles. The standard InChI is InChI=1S/C12H17ClO/c1-11-5-4-6-12(8-7-11)14-10-3-2-9-13/h5-8H,2-4,9-10H2,1H3. The van der Waals surface area contributed by atoms with Crippen LogP contribution in [0.15, 0.2) is 35.6 Å². The van der Waals surface area contributed by atoms with Gasteiger partial charge in [-0.25, -0.2) is 0 Å². The van der Waals surface area contributed by atoms with Crippen molar-refractivity contribution in [2.45, 2.75) is 26.2 Å². The van der Waals surface area contributed by atoms with Crippen molar-refractivity contribution in [3.05, 3.63) is 35.6 Å². The summed E-state index contributed by atoms with van der Waals surface area (Å²) in [6, 6.07) is 0. The molecule has 0 N–H and O–H groups in total. The summed E-state index contributed by atoms with van der Waals surface area (Å²) >= 11 is 5.58. The van der Waals surface area contributed by atoms with Gasteiger partial charge in [0.05, 0.1) is 6.61 Å². The second-order valence-corrected chi connectivity index (χ2v) is 3.75. The summed E-state index contributed by atoms with van der Waals surface area (Å²) < 4.78 is 5.60. The molecule has 0 spiro atoms. The normalized spacial score (nSPS) is 15.9. The Kier molecular flexibility index (Phi) is 5.46. The number of ether oxygens (including phenoxy) is 1. The number of hydrogen-bond donors (Lipinski definition) is 0. The highest BCUT2D eigenvalue weighted by atomic mass is 35.5. The molecule has 0 saturated carbocycles. The number of halogens is 1. The fourth-order valence-corrected chi connectivity index (χ4v) is 1.39. The minimum atomic E-state index is 0.721. The molecule has 0 aromatic rings. The van der Waals surface area contributed by atoms with Crippen molar-refractivity contribution >= 4 is 11.6 Å². The van der Waals surface area contributed by atoms with Crippen LogP contribution in [0.1, 0.15) is 26.2 Å². The van der Waals surface area contributed by atoms with Crippen LogP contribution < -0.4 is 0 Å². The van der Waals surface area contributed by atoms with E-state index in [4.69, 9.17) is 16.3 Å². The van der Waals surface area contributed by atoms with Gasteiger partial charge < -0.3 is 4.74 Å². The van der Waals surface area contributed by atoms with Crippen molar-refractivity contribution in [3.8, 4) is 0 Å². The Labute approximate surface area is 91.1 Å². The quantitative estimate of drug-likeness (QED) is 0.498. The lowest BCUT2D eigenvalue weighted by Crippen LogP contribution is -1.93. The smallest absolute Gasteiger partial charge is 0.115 e. The third-order valence-corrected chi connectivity index (χ3v) is 2.33. The van der Waals surface area contributed by atoms with E-state index in [0.717, 1.165) is 37.5 Å². The van der Waals surface area contributed by atoms with Crippen LogP contribution in [0.3, 0.4) is 0 Å². The van der Waals surface area contributed by atoms with Gasteiger partial charge in [-0.3, -0.25) is 0 Å². The van der Waals surface area contributed by atoms with Gasteiger partial charge in [0.1, 0.15) is 5.76 Å². The number of rotatable bonds is 5. The van der Waals surface area contributed by atoms with Gasteiger partial charge in [-0.1, -0.05) is 17.7 Å². The van der Waals surface area contributed by atoms with Gasteiger partial charge in [0.2, 0.25) is 0 Å². The van der Waals surface area contributed by atoms with Gasteiger partial charge in [0.15, 0.2) is 0 Å². The Morgan fingerprint density at radius 1 is 1.29 bits per heavy atom. The Balaban J connectivity index is 2.25. The Hall–Kier alpha value is -0.690. The maximum Gasteiger partial charge on any atom is 0.115 e. The van der Waals surface area contributed by atoms with E-state index in [2.05, 4.69) is 25.2 Å². The van der Waals surface area contributed by atoms with E-state index in [1.807, 2.05) is 6.08 Å². The zero-order chi connectivity index (χ0) is 10.2. The Morgan fingerprint density at radius 2 is 2.14 bits per heavy atom. The van der Waals surface area contributed by atoms with Crippen LogP contribution in [0.2, 0.25) is 0 Å². The van der Waals surface area contributed by atoms with Crippen molar-refractivity contribution in [1.82, 2.24) is 0 Å². The molecule has 0 amide bonds. The average Bonchev–Trinajstić information content (AvgIpc) is 2.38. The molecule has 0 radical (unpaired) electrons. The lowest BCUT2D eigenvalue weighted by molar-refractivity contribution is 0.219. The molecule has 0 heterocycles. The molecule has 1 nitrogen and oxygen atoms in total. The van der Waals surface area contributed by atoms with Gasteiger partial charge >= 0.3 is 0 Å². The Bertz CT molecular complexity index is 251. The number of alkyl halides is 1. The molecule has 0 bridgehead atoms. The van der Waals surface area contributed by atoms with Crippen LogP contribution in [0.5, 0.6) is 0 Å². The number of unbranched alkanes of at least 4 members (excludes halogenated alkanes) is 1. The lowest BCUT2D eigenvalue weighted by Gasteiger charge is -2.05. The molecule has 0 unspecified atom stereocenters. The molecule has 0 fully saturated rings. The number of allylic oxidation sites excluding steroid dienone is 5. The van der Waals surface area contributed by atoms with E-state index in [9.17, 15) is 0 Å². The second-order valence-electron chi connectivity index (χ2n) is 3.37.